The molecule has 0 saturated carbocycles. The van der Waals surface area contributed by atoms with E-state index in [1.54, 1.807) is 24.5 Å². The van der Waals surface area contributed by atoms with Crippen molar-refractivity contribution < 1.29 is 41.3 Å². The Morgan fingerprint density at radius 1 is 0.860 bits per heavy atom. The lowest BCUT2D eigenvalue weighted by atomic mass is 9.91. The van der Waals surface area contributed by atoms with E-state index in [1.165, 1.54) is 11.8 Å². The summed E-state index contributed by atoms with van der Waals surface area (Å²) in [5, 5.41) is 20.6. The molecule has 50 heavy (non-hydrogen) atoms. The van der Waals surface area contributed by atoms with Gasteiger partial charge in [0.25, 0.3) is 5.91 Å². The van der Waals surface area contributed by atoms with Crippen LogP contribution in [0, 0.1) is 35.0 Å². The largest absolute Gasteiger partial charge is 0.392 e. The molecule has 1 fully saturated rings. The number of aryl methyl sites for hydroxylation is 1. The Kier molecular flexibility index (Phi) is 10.6. The number of amides is 1. The van der Waals surface area contributed by atoms with Gasteiger partial charge < -0.3 is 24.5 Å². The zero-order chi connectivity index (χ0) is 35.5. The molecule has 4 atom stereocenters. The van der Waals surface area contributed by atoms with E-state index in [0.717, 1.165) is 33.0 Å². The number of hydrogen-bond acceptors (Lipinski definition) is 7. The second-order valence-electron chi connectivity index (χ2n) is 11.8. The fourth-order valence-corrected chi connectivity index (χ4v) is 6.69. The van der Waals surface area contributed by atoms with E-state index in [0.29, 0.717) is 11.3 Å². The maximum Gasteiger partial charge on any atom is 0.257 e. The molecular formula is C36H31F5N4O4S. The highest BCUT2D eigenvalue weighted by Gasteiger charge is 2.38. The van der Waals surface area contributed by atoms with E-state index in [2.05, 4.69) is 22.4 Å². The van der Waals surface area contributed by atoms with Crippen molar-refractivity contribution in [1.82, 2.24) is 20.1 Å². The molecule has 4 aromatic carbocycles. The van der Waals surface area contributed by atoms with Crippen molar-refractivity contribution in [2.24, 2.45) is 13.0 Å². The highest BCUT2D eigenvalue weighted by molar-refractivity contribution is 7.99. The van der Waals surface area contributed by atoms with Crippen molar-refractivity contribution in [3.63, 3.8) is 0 Å². The van der Waals surface area contributed by atoms with Crippen LogP contribution in [-0.2, 0) is 29.7 Å². The first-order valence-electron chi connectivity index (χ1n) is 15.5. The number of hydrogen-bond donors (Lipinski definition) is 2. The van der Waals surface area contributed by atoms with Gasteiger partial charge in [-0.05, 0) is 33.9 Å². The summed E-state index contributed by atoms with van der Waals surface area (Å²) in [6.45, 7) is 1.78. The van der Waals surface area contributed by atoms with Crippen LogP contribution in [-0.4, -0.2) is 37.6 Å². The molecule has 2 heterocycles. The predicted octanol–water partition coefficient (Wildman–Crippen LogP) is 7.18. The molecule has 1 saturated heterocycles. The second-order valence-corrected chi connectivity index (χ2v) is 12.8. The lowest BCUT2D eigenvalue weighted by molar-refractivity contribution is -0.268. The molecule has 0 radical (unpaired) electrons. The van der Waals surface area contributed by atoms with Crippen LogP contribution in [0.15, 0.2) is 84.3 Å². The topological polar surface area (TPSA) is 98.5 Å². The molecular weight excluding hydrogens is 679 g/mol. The summed E-state index contributed by atoms with van der Waals surface area (Å²) in [6.07, 6.45) is 0.424. The van der Waals surface area contributed by atoms with E-state index in [1.807, 2.05) is 66.2 Å². The standard InChI is InChI=1S/C36H31F5N4O4S/c1-19-26(17-50-36-44-43-18-45(36)2)48-35(49-33(19)23-8-6-20(16-46)7-9-23)24-12-10-22(11-13-24)25-5-3-4-21(14-25)15-42-34(47)27-28(37)30(39)32(41)31(40)29(27)38/h3-14,18-19,26,33,35,46H,15-17H2,1-2H3,(H,42,47). The fraction of sp³-hybridized carbons (Fsp3) is 0.250. The van der Waals surface area contributed by atoms with Crippen LogP contribution >= 0.6 is 11.8 Å². The van der Waals surface area contributed by atoms with Crippen LogP contribution in [0.25, 0.3) is 11.1 Å². The third-order valence-electron chi connectivity index (χ3n) is 8.50. The van der Waals surface area contributed by atoms with Crippen molar-refractivity contribution in [2.45, 2.75) is 43.7 Å². The Morgan fingerprint density at radius 2 is 1.52 bits per heavy atom. The Labute approximate surface area is 288 Å². The van der Waals surface area contributed by atoms with Gasteiger partial charge in [0.15, 0.2) is 34.7 Å². The van der Waals surface area contributed by atoms with Gasteiger partial charge in [0.1, 0.15) is 11.9 Å². The lowest BCUT2D eigenvalue weighted by Crippen LogP contribution is -2.38. The van der Waals surface area contributed by atoms with Gasteiger partial charge in [-0.15, -0.1) is 10.2 Å². The second kappa shape index (κ2) is 15.1. The molecule has 5 aromatic rings. The number of aliphatic hydroxyl groups is 1. The Bertz CT molecular complexity index is 1970. The number of carbonyl (C=O) groups excluding carboxylic acids is 1. The molecule has 1 amide bonds. The van der Waals surface area contributed by atoms with E-state index in [9.17, 15) is 31.9 Å². The first-order chi connectivity index (χ1) is 24.0. The monoisotopic (exact) mass is 710 g/mol. The zero-order valence-electron chi connectivity index (χ0n) is 26.7. The third kappa shape index (κ3) is 7.29. The van der Waals surface area contributed by atoms with Gasteiger partial charge in [-0.2, -0.15) is 0 Å². The van der Waals surface area contributed by atoms with Crippen LogP contribution in [0.5, 0.6) is 0 Å². The summed E-state index contributed by atoms with van der Waals surface area (Å²) in [4.78, 5) is 12.4. The fourth-order valence-electron chi connectivity index (χ4n) is 5.64. The number of aliphatic hydroxyl groups excluding tert-OH is 1. The normalized spacial score (nSPS) is 19.0. The molecule has 0 bridgehead atoms. The number of nitrogens with one attached hydrogen (secondary N) is 1. The smallest absolute Gasteiger partial charge is 0.257 e. The molecule has 1 aliphatic rings. The Balaban J connectivity index is 1.18. The highest BCUT2D eigenvalue weighted by atomic mass is 32.2. The van der Waals surface area contributed by atoms with Gasteiger partial charge >= 0.3 is 0 Å². The minimum Gasteiger partial charge on any atom is -0.392 e. The Hall–Kier alpha value is -4.63. The minimum atomic E-state index is -2.34. The number of halogens is 5. The highest BCUT2D eigenvalue weighted by Crippen LogP contribution is 2.43. The number of thioether (sulfide) groups is 1. The third-order valence-corrected chi connectivity index (χ3v) is 9.63. The first-order valence-corrected chi connectivity index (χ1v) is 16.5. The predicted molar refractivity (Wildman–Crippen MR) is 174 cm³/mol. The molecule has 0 aliphatic carbocycles. The quantitative estimate of drug-likeness (QED) is 0.0686. The maximum atomic E-state index is 14.1. The SMILES string of the molecule is CC1C(CSc2nncn2C)OC(c2ccc(-c3cccc(CNC(=O)c4c(F)c(F)c(F)c(F)c4F)c3)cc2)OC1c1ccc(CO)cc1. The number of rotatable bonds is 10. The molecule has 2 N–H and O–H groups in total. The van der Waals surface area contributed by atoms with Gasteiger partial charge in [-0.3, -0.25) is 4.79 Å². The maximum absolute atomic E-state index is 14.1. The summed E-state index contributed by atoms with van der Waals surface area (Å²) < 4.78 is 83.7. The summed E-state index contributed by atoms with van der Waals surface area (Å²) in [6, 6.07) is 22.1. The van der Waals surface area contributed by atoms with E-state index < -0.39 is 46.8 Å². The number of nitrogens with zero attached hydrogens (tertiary/aromatic N) is 3. The van der Waals surface area contributed by atoms with Crippen LogP contribution < -0.4 is 5.32 Å². The van der Waals surface area contributed by atoms with Gasteiger partial charge in [0.2, 0.25) is 5.82 Å². The van der Waals surface area contributed by atoms with Crippen molar-refractivity contribution in [3.8, 4) is 11.1 Å². The Morgan fingerprint density at radius 3 is 2.16 bits per heavy atom. The number of aromatic nitrogens is 3. The number of ether oxygens (including phenoxy) is 2. The summed E-state index contributed by atoms with van der Waals surface area (Å²) in [5.41, 5.74) is 3.05. The number of benzene rings is 4. The average molecular weight is 711 g/mol. The molecule has 4 unspecified atom stereocenters. The minimum absolute atomic E-state index is 0.0245. The summed E-state index contributed by atoms with van der Waals surface area (Å²) in [5.74, 6) is -12.0. The van der Waals surface area contributed by atoms with Crippen LogP contribution in [0.3, 0.4) is 0 Å². The van der Waals surface area contributed by atoms with Crippen molar-refractivity contribution in [2.75, 3.05) is 5.75 Å². The van der Waals surface area contributed by atoms with Crippen molar-refractivity contribution in [1.29, 1.82) is 0 Å². The number of carbonyl (C=O) groups is 1. The molecule has 8 nitrogen and oxygen atoms in total. The zero-order valence-corrected chi connectivity index (χ0v) is 27.6. The van der Waals surface area contributed by atoms with E-state index >= 15 is 0 Å². The van der Waals surface area contributed by atoms with Crippen LogP contribution in [0.2, 0.25) is 0 Å². The molecule has 1 aromatic heterocycles. The molecule has 260 valence electrons. The van der Waals surface area contributed by atoms with Crippen LogP contribution in [0.4, 0.5) is 22.0 Å². The summed E-state index contributed by atoms with van der Waals surface area (Å²) in [7, 11) is 1.87. The van der Waals surface area contributed by atoms with Gasteiger partial charge in [-0.1, -0.05) is 85.4 Å². The van der Waals surface area contributed by atoms with Crippen molar-refractivity contribution >= 4 is 17.7 Å². The van der Waals surface area contributed by atoms with Gasteiger partial charge in [0.05, 0.1) is 18.8 Å². The van der Waals surface area contributed by atoms with E-state index in [-0.39, 0.29) is 31.3 Å². The van der Waals surface area contributed by atoms with Crippen LogP contribution in [0.1, 0.15) is 51.9 Å². The first kappa shape index (κ1) is 35.2. The molecule has 1 aliphatic heterocycles. The molecule has 6 rings (SSSR count). The van der Waals surface area contributed by atoms with Gasteiger partial charge in [0, 0.05) is 30.8 Å². The summed E-state index contributed by atoms with van der Waals surface area (Å²) >= 11 is 1.54. The molecule has 0 spiro atoms. The average Bonchev–Trinajstić information content (AvgIpc) is 3.56. The van der Waals surface area contributed by atoms with Crippen molar-refractivity contribution in [3.05, 3.63) is 136 Å². The van der Waals surface area contributed by atoms with Gasteiger partial charge in [-0.25, -0.2) is 22.0 Å². The molecule has 14 heteroatoms. The lowest BCUT2D eigenvalue weighted by Gasteiger charge is -2.41. The van der Waals surface area contributed by atoms with E-state index in [4.69, 9.17) is 9.47 Å².